The van der Waals surface area contributed by atoms with Gasteiger partial charge in [-0.2, -0.15) is 0 Å². The van der Waals surface area contributed by atoms with Gasteiger partial charge in [-0.25, -0.2) is 0 Å². The van der Waals surface area contributed by atoms with Crippen molar-refractivity contribution >= 4 is 15.9 Å². The maximum Gasteiger partial charge on any atom is 0.0609 e. The molecule has 0 heterocycles. The second kappa shape index (κ2) is 3.67. The molecule has 1 N–H and O–H groups in total. The van der Waals surface area contributed by atoms with Crippen molar-refractivity contribution in [2.24, 2.45) is 0 Å². The molecule has 0 bridgehead atoms. The monoisotopic (exact) mass is 254 g/mol. The summed E-state index contributed by atoms with van der Waals surface area (Å²) in [4.78, 5) is 0. The van der Waals surface area contributed by atoms with E-state index in [0.29, 0.717) is 0 Å². The van der Waals surface area contributed by atoms with Crippen LogP contribution in [0.15, 0.2) is 28.7 Å². The van der Waals surface area contributed by atoms with E-state index in [2.05, 4.69) is 28.1 Å². The smallest absolute Gasteiger partial charge is 0.0609 e. The van der Waals surface area contributed by atoms with Crippen LogP contribution in [-0.2, 0) is 5.41 Å². The van der Waals surface area contributed by atoms with E-state index in [-0.39, 0.29) is 11.5 Å². The van der Waals surface area contributed by atoms with Crippen molar-refractivity contribution in [3.8, 4) is 0 Å². The predicted molar refractivity (Wildman–Crippen MR) is 61.4 cm³/mol. The van der Waals surface area contributed by atoms with Crippen molar-refractivity contribution in [3.05, 3.63) is 34.3 Å². The normalized spacial score (nSPS) is 21.4. The highest BCUT2D eigenvalue weighted by atomic mass is 79.9. The zero-order chi connectivity index (χ0) is 10.2. The highest BCUT2D eigenvalue weighted by molar-refractivity contribution is 9.10. The Morgan fingerprint density at radius 1 is 1.36 bits per heavy atom. The van der Waals surface area contributed by atoms with Crippen LogP contribution in [0.1, 0.15) is 31.7 Å². The van der Waals surface area contributed by atoms with Crippen molar-refractivity contribution in [2.75, 3.05) is 0 Å². The van der Waals surface area contributed by atoms with Crippen LogP contribution in [0.4, 0.5) is 0 Å². The SMILES string of the molecule is CC(O)C1(c2ccccc2Br)CCC1. The van der Waals surface area contributed by atoms with Gasteiger partial charge < -0.3 is 5.11 Å². The van der Waals surface area contributed by atoms with Gasteiger partial charge >= 0.3 is 0 Å². The van der Waals surface area contributed by atoms with E-state index in [9.17, 15) is 5.11 Å². The molecule has 76 valence electrons. The molecule has 1 nitrogen and oxygen atoms in total. The summed E-state index contributed by atoms with van der Waals surface area (Å²) in [5.74, 6) is 0. The van der Waals surface area contributed by atoms with Crippen LogP contribution < -0.4 is 0 Å². The molecule has 1 aliphatic rings. The minimum atomic E-state index is -0.255. The van der Waals surface area contributed by atoms with Crippen LogP contribution >= 0.6 is 15.9 Å². The Balaban J connectivity index is 2.42. The molecule has 0 radical (unpaired) electrons. The largest absolute Gasteiger partial charge is 0.392 e. The number of hydrogen-bond donors (Lipinski definition) is 1. The standard InChI is InChI=1S/C12H15BrO/c1-9(14)12(7-4-8-12)10-5-2-3-6-11(10)13/h2-3,5-6,9,14H,4,7-8H2,1H3. The lowest BCUT2D eigenvalue weighted by atomic mass is 9.61. The number of benzene rings is 1. The summed E-state index contributed by atoms with van der Waals surface area (Å²) in [5.41, 5.74) is 1.28. The fourth-order valence-corrected chi connectivity index (χ4v) is 3.01. The van der Waals surface area contributed by atoms with Gasteiger partial charge in [-0.15, -0.1) is 0 Å². The Labute approximate surface area is 93.3 Å². The van der Waals surface area contributed by atoms with Crippen LogP contribution in [0.25, 0.3) is 0 Å². The molecule has 1 saturated carbocycles. The third-order valence-electron chi connectivity index (χ3n) is 3.46. The summed E-state index contributed by atoms with van der Waals surface area (Å²) in [7, 11) is 0. The molecule has 14 heavy (non-hydrogen) atoms. The van der Waals surface area contributed by atoms with E-state index in [0.717, 1.165) is 17.3 Å². The number of aliphatic hydroxyl groups is 1. The van der Waals surface area contributed by atoms with Gasteiger partial charge in [-0.05, 0) is 31.4 Å². The average molecular weight is 255 g/mol. The topological polar surface area (TPSA) is 20.2 Å². The van der Waals surface area contributed by atoms with Crippen LogP contribution in [-0.4, -0.2) is 11.2 Å². The molecule has 1 aliphatic carbocycles. The van der Waals surface area contributed by atoms with E-state index in [1.54, 1.807) is 0 Å². The molecule has 0 saturated heterocycles. The number of hydrogen-bond acceptors (Lipinski definition) is 1. The van der Waals surface area contributed by atoms with Crippen LogP contribution in [0, 0.1) is 0 Å². The van der Waals surface area contributed by atoms with Crippen LogP contribution in [0.3, 0.4) is 0 Å². The lowest BCUT2D eigenvalue weighted by molar-refractivity contribution is 0.0415. The second-order valence-corrected chi connectivity index (χ2v) is 5.02. The van der Waals surface area contributed by atoms with E-state index >= 15 is 0 Å². The lowest BCUT2D eigenvalue weighted by Crippen LogP contribution is -2.44. The number of aliphatic hydroxyl groups excluding tert-OH is 1. The highest BCUT2D eigenvalue weighted by Crippen LogP contribution is 2.48. The summed E-state index contributed by atoms with van der Waals surface area (Å²) in [6, 6.07) is 8.23. The van der Waals surface area contributed by atoms with Crippen molar-refractivity contribution in [1.29, 1.82) is 0 Å². The predicted octanol–water partition coefficient (Wildman–Crippen LogP) is 3.25. The maximum absolute atomic E-state index is 9.88. The number of halogens is 1. The van der Waals surface area contributed by atoms with Gasteiger partial charge in [0.15, 0.2) is 0 Å². The average Bonchev–Trinajstić information content (AvgIpc) is 2.05. The van der Waals surface area contributed by atoms with Gasteiger partial charge in [0.1, 0.15) is 0 Å². The third-order valence-corrected chi connectivity index (χ3v) is 4.15. The molecule has 0 spiro atoms. The van der Waals surface area contributed by atoms with Gasteiger partial charge in [0.25, 0.3) is 0 Å². The first-order valence-corrected chi connectivity index (χ1v) is 5.89. The Bertz CT molecular complexity index is 329. The Hall–Kier alpha value is -0.340. The minimum absolute atomic E-state index is 0.0140. The first kappa shape index (κ1) is 10.2. The molecule has 1 fully saturated rings. The molecular weight excluding hydrogens is 240 g/mol. The highest BCUT2D eigenvalue weighted by Gasteiger charge is 2.43. The third kappa shape index (κ3) is 1.41. The molecule has 1 atom stereocenters. The van der Waals surface area contributed by atoms with Crippen molar-refractivity contribution in [1.82, 2.24) is 0 Å². The molecule has 0 aliphatic heterocycles. The van der Waals surface area contributed by atoms with Gasteiger partial charge in [0, 0.05) is 9.89 Å². The summed E-state index contributed by atoms with van der Waals surface area (Å²) in [5, 5.41) is 9.88. The van der Waals surface area contributed by atoms with Gasteiger partial charge in [-0.1, -0.05) is 40.5 Å². The molecule has 0 amide bonds. The first-order chi connectivity index (χ1) is 6.67. The quantitative estimate of drug-likeness (QED) is 0.860. The second-order valence-electron chi connectivity index (χ2n) is 4.17. The summed E-state index contributed by atoms with van der Waals surface area (Å²) in [6.45, 7) is 1.90. The molecular formula is C12H15BrO. The Morgan fingerprint density at radius 2 is 2.00 bits per heavy atom. The molecule has 2 heteroatoms. The minimum Gasteiger partial charge on any atom is -0.392 e. The number of rotatable bonds is 2. The summed E-state index contributed by atoms with van der Waals surface area (Å²) < 4.78 is 1.13. The molecule has 2 rings (SSSR count). The Kier molecular flexibility index (Phi) is 2.67. The van der Waals surface area contributed by atoms with Crippen LogP contribution in [0.2, 0.25) is 0 Å². The van der Waals surface area contributed by atoms with Crippen molar-refractivity contribution in [2.45, 2.75) is 37.7 Å². The van der Waals surface area contributed by atoms with E-state index < -0.39 is 0 Å². The zero-order valence-corrected chi connectivity index (χ0v) is 9.92. The molecule has 1 aromatic carbocycles. The molecule has 1 unspecified atom stereocenters. The van der Waals surface area contributed by atoms with Gasteiger partial charge in [0.2, 0.25) is 0 Å². The fraction of sp³-hybridized carbons (Fsp3) is 0.500. The Morgan fingerprint density at radius 3 is 2.43 bits per heavy atom. The van der Waals surface area contributed by atoms with Crippen molar-refractivity contribution in [3.63, 3.8) is 0 Å². The van der Waals surface area contributed by atoms with Crippen molar-refractivity contribution < 1.29 is 5.11 Å². The van der Waals surface area contributed by atoms with E-state index in [1.165, 1.54) is 12.0 Å². The summed E-state index contributed by atoms with van der Waals surface area (Å²) >= 11 is 3.56. The van der Waals surface area contributed by atoms with Gasteiger partial charge in [0.05, 0.1) is 6.10 Å². The summed E-state index contributed by atoms with van der Waals surface area (Å²) in [6.07, 6.45) is 3.18. The van der Waals surface area contributed by atoms with E-state index in [4.69, 9.17) is 0 Å². The first-order valence-electron chi connectivity index (χ1n) is 5.10. The maximum atomic E-state index is 9.88. The lowest BCUT2D eigenvalue weighted by Gasteiger charge is -2.45. The molecule has 1 aromatic rings. The molecule has 0 aromatic heterocycles. The van der Waals surface area contributed by atoms with E-state index in [1.807, 2.05) is 19.1 Å². The van der Waals surface area contributed by atoms with Crippen LogP contribution in [0.5, 0.6) is 0 Å². The fourth-order valence-electron chi connectivity index (χ4n) is 2.33. The zero-order valence-electron chi connectivity index (χ0n) is 8.33. The van der Waals surface area contributed by atoms with Gasteiger partial charge in [-0.3, -0.25) is 0 Å².